The molecule has 0 saturated heterocycles. The van der Waals surface area contributed by atoms with E-state index < -0.39 is 0 Å². The van der Waals surface area contributed by atoms with Gasteiger partial charge in [-0.3, -0.25) is 4.79 Å². The highest BCUT2D eigenvalue weighted by atomic mass is 16.1. The van der Waals surface area contributed by atoms with Crippen molar-refractivity contribution in [1.29, 1.82) is 0 Å². The molecule has 110 valence electrons. The largest absolute Gasteiger partial charge is 0.322 e. The minimum Gasteiger partial charge on any atom is -0.322 e. The Bertz CT molecular complexity index is 618. The van der Waals surface area contributed by atoms with Crippen molar-refractivity contribution in [1.82, 2.24) is 0 Å². The van der Waals surface area contributed by atoms with Gasteiger partial charge in [0, 0.05) is 11.3 Å². The summed E-state index contributed by atoms with van der Waals surface area (Å²) in [7, 11) is 0. The lowest BCUT2D eigenvalue weighted by Crippen LogP contribution is -2.15. The molecule has 0 aliphatic rings. The van der Waals surface area contributed by atoms with Crippen LogP contribution in [0, 0.1) is 0 Å². The number of carbonyl (C=O) groups is 1. The minimum atomic E-state index is -0.0248. The number of rotatable bonds is 5. The fourth-order valence-electron chi connectivity index (χ4n) is 2.50. The molecule has 21 heavy (non-hydrogen) atoms. The summed E-state index contributed by atoms with van der Waals surface area (Å²) in [4.78, 5) is 12.5. The van der Waals surface area contributed by atoms with Gasteiger partial charge in [-0.15, -0.1) is 0 Å². The summed E-state index contributed by atoms with van der Waals surface area (Å²) in [5, 5.41) is 3.08. The van der Waals surface area contributed by atoms with Gasteiger partial charge < -0.3 is 5.32 Å². The summed E-state index contributed by atoms with van der Waals surface area (Å²) in [5.74, 6) is 0.408. The molecule has 1 N–H and O–H groups in total. The topological polar surface area (TPSA) is 29.1 Å². The Labute approximate surface area is 127 Å². The van der Waals surface area contributed by atoms with Gasteiger partial charge in [0.15, 0.2) is 0 Å². The Morgan fingerprint density at radius 3 is 2.43 bits per heavy atom. The lowest BCUT2D eigenvalue weighted by molar-refractivity contribution is 0.102. The van der Waals surface area contributed by atoms with Gasteiger partial charge in [-0.1, -0.05) is 57.2 Å². The Kier molecular flexibility index (Phi) is 5.15. The molecule has 0 heterocycles. The molecule has 0 saturated carbocycles. The van der Waals surface area contributed by atoms with Crippen LogP contribution in [0.2, 0.25) is 0 Å². The number of benzene rings is 2. The van der Waals surface area contributed by atoms with Crippen molar-refractivity contribution in [3.05, 3.63) is 65.2 Å². The molecule has 1 amide bonds. The number of hydrogen-bond acceptors (Lipinski definition) is 1. The summed E-state index contributed by atoms with van der Waals surface area (Å²) in [6.07, 6.45) is 1.91. The van der Waals surface area contributed by atoms with Gasteiger partial charge in [0.25, 0.3) is 5.91 Å². The first-order valence-corrected chi connectivity index (χ1v) is 7.65. The summed E-state index contributed by atoms with van der Waals surface area (Å²) in [5.41, 5.74) is 3.96. The van der Waals surface area contributed by atoms with Crippen LogP contribution in [0.1, 0.15) is 54.6 Å². The number of carbonyl (C=O) groups excluding carboxylic acids is 1. The first kappa shape index (κ1) is 15.3. The lowest BCUT2D eigenvalue weighted by atomic mass is 9.96. The van der Waals surface area contributed by atoms with Crippen LogP contribution in [0.25, 0.3) is 0 Å². The maximum absolute atomic E-state index is 12.5. The zero-order valence-corrected chi connectivity index (χ0v) is 13.0. The minimum absolute atomic E-state index is 0.0248. The quantitative estimate of drug-likeness (QED) is 0.819. The zero-order valence-electron chi connectivity index (χ0n) is 13.0. The van der Waals surface area contributed by atoms with E-state index in [1.165, 1.54) is 5.56 Å². The SMILES string of the molecule is CCc1ccccc1C(=O)Nc1ccccc1C(C)CC. The van der Waals surface area contributed by atoms with Crippen LogP contribution >= 0.6 is 0 Å². The highest BCUT2D eigenvalue weighted by Gasteiger charge is 2.13. The smallest absolute Gasteiger partial charge is 0.255 e. The number of anilines is 1. The molecule has 1 unspecified atom stereocenters. The van der Waals surface area contributed by atoms with Crippen molar-refractivity contribution in [2.75, 3.05) is 5.32 Å². The molecular formula is C19H23NO. The van der Waals surface area contributed by atoms with E-state index in [4.69, 9.17) is 0 Å². The Hall–Kier alpha value is -2.09. The standard InChI is InChI=1S/C19H23NO/c1-4-14(3)16-11-8-9-13-18(16)20-19(21)17-12-7-6-10-15(17)5-2/h6-14H,4-5H2,1-3H3,(H,20,21). The molecule has 0 radical (unpaired) electrons. The fraction of sp³-hybridized carbons (Fsp3) is 0.316. The fourth-order valence-corrected chi connectivity index (χ4v) is 2.50. The predicted molar refractivity (Wildman–Crippen MR) is 88.9 cm³/mol. The number of hydrogen-bond donors (Lipinski definition) is 1. The molecule has 2 nitrogen and oxygen atoms in total. The second-order valence-electron chi connectivity index (χ2n) is 5.36. The monoisotopic (exact) mass is 281 g/mol. The molecule has 0 aliphatic carbocycles. The number of para-hydroxylation sites is 1. The molecule has 0 aliphatic heterocycles. The molecule has 2 aromatic carbocycles. The first-order valence-electron chi connectivity index (χ1n) is 7.65. The van der Waals surface area contributed by atoms with Gasteiger partial charge in [-0.25, -0.2) is 0 Å². The lowest BCUT2D eigenvalue weighted by Gasteiger charge is -2.16. The summed E-state index contributed by atoms with van der Waals surface area (Å²) in [6.45, 7) is 6.42. The van der Waals surface area contributed by atoms with Crippen molar-refractivity contribution in [2.24, 2.45) is 0 Å². The molecular weight excluding hydrogens is 258 g/mol. The molecule has 0 aromatic heterocycles. The Morgan fingerprint density at radius 1 is 1.05 bits per heavy atom. The zero-order chi connectivity index (χ0) is 15.2. The van der Waals surface area contributed by atoms with Gasteiger partial charge >= 0.3 is 0 Å². The Morgan fingerprint density at radius 2 is 1.71 bits per heavy atom. The van der Waals surface area contributed by atoms with E-state index in [0.717, 1.165) is 29.7 Å². The van der Waals surface area contributed by atoms with E-state index in [-0.39, 0.29) is 5.91 Å². The van der Waals surface area contributed by atoms with Crippen molar-refractivity contribution in [3.8, 4) is 0 Å². The van der Waals surface area contributed by atoms with Crippen LogP contribution in [-0.2, 0) is 6.42 Å². The predicted octanol–water partition coefficient (Wildman–Crippen LogP) is 5.01. The van der Waals surface area contributed by atoms with Crippen LogP contribution in [0.15, 0.2) is 48.5 Å². The third-order valence-corrected chi connectivity index (χ3v) is 4.00. The second-order valence-corrected chi connectivity index (χ2v) is 5.36. The van der Waals surface area contributed by atoms with Crippen LogP contribution in [0.4, 0.5) is 5.69 Å². The molecule has 2 aromatic rings. The van der Waals surface area contributed by atoms with Crippen molar-refractivity contribution in [3.63, 3.8) is 0 Å². The summed E-state index contributed by atoms with van der Waals surface area (Å²) in [6, 6.07) is 15.8. The number of aryl methyl sites for hydroxylation is 1. The summed E-state index contributed by atoms with van der Waals surface area (Å²) < 4.78 is 0. The van der Waals surface area contributed by atoms with Crippen LogP contribution in [-0.4, -0.2) is 5.91 Å². The van der Waals surface area contributed by atoms with Crippen molar-refractivity contribution >= 4 is 11.6 Å². The van der Waals surface area contributed by atoms with Crippen LogP contribution in [0.5, 0.6) is 0 Å². The van der Waals surface area contributed by atoms with E-state index in [1.54, 1.807) is 0 Å². The second kappa shape index (κ2) is 7.07. The number of amides is 1. The highest BCUT2D eigenvalue weighted by Crippen LogP contribution is 2.27. The van der Waals surface area contributed by atoms with E-state index in [9.17, 15) is 4.79 Å². The summed E-state index contributed by atoms with van der Waals surface area (Å²) >= 11 is 0. The normalized spacial score (nSPS) is 12.0. The maximum atomic E-state index is 12.5. The van der Waals surface area contributed by atoms with Gasteiger partial charge in [0.1, 0.15) is 0 Å². The average Bonchev–Trinajstić information content (AvgIpc) is 2.54. The van der Waals surface area contributed by atoms with E-state index in [1.807, 2.05) is 42.5 Å². The van der Waals surface area contributed by atoms with E-state index in [2.05, 4.69) is 32.2 Å². The van der Waals surface area contributed by atoms with Gasteiger partial charge in [0.05, 0.1) is 0 Å². The third kappa shape index (κ3) is 3.52. The van der Waals surface area contributed by atoms with E-state index in [0.29, 0.717) is 5.92 Å². The Balaban J connectivity index is 2.28. The number of nitrogens with one attached hydrogen (secondary N) is 1. The third-order valence-electron chi connectivity index (χ3n) is 4.00. The van der Waals surface area contributed by atoms with E-state index >= 15 is 0 Å². The van der Waals surface area contributed by atoms with Crippen LogP contribution in [0.3, 0.4) is 0 Å². The van der Waals surface area contributed by atoms with Crippen molar-refractivity contribution < 1.29 is 4.79 Å². The molecule has 0 spiro atoms. The average molecular weight is 281 g/mol. The molecule has 1 atom stereocenters. The maximum Gasteiger partial charge on any atom is 0.255 e. The van der Waals surface area contributed by atoms with Gasteiger partial charge in [-0.2, -0.15) is 0 Å². The highest BCUT2D eigenvalue weighted by molar-refractivity contribution is 6.05. The van der Waals surface area contributed by atoms with Gasteiger partial charge in [0.2, 0.25) is 0 Å². The molecule has 0 fully saturated rings. The molecule has 2 heteroatoms. The van der Waals surface area contributed by atoms with Gasteiger partial charge in [-0.05, 0) is 42.0 Å². The van der Waals surface area contributed by atoms with Crippen LogP contribution < -0.4 is 5.32 Å². The molecule has 0 bridgehead atoms. The van der Waals surface area contributed by atoms with Crippen molar-refractivity contribution in [2.45, 2.75) is 39.5 Å². The first-order chi connectivity index (χ1) is 10.2. The molecule has 2 rings (SSSR count).